The number of nitrogens with one attached hydrogen (secondary N) is 2. The molecule has 1 atom stereocenters. The summed E-state index contributed by atoms with van der Waals surface area (Å²) < 4.78 is 21.0. The van der Waals surface area contributed by atoms with Gasteiger partial charge in [0.05, 0.1) is 42.1 Å². The Morgan fingerprint density at radius 3 is 2.68 bits per heavy atom. The van der Waals surface area contributed by atoms with E-state index in [1.807, 2.05) is 0 Å². The first kappa shape index (κ1) is 28.8. The summed E-state index contributed by atoms with van der Waals surface area (Å²) in [5, 5.41) is 21.0. The second-order valence-electron chi connectivity index (χ2n) is 10.2. The number of hydrogen-bond donors (Lipinski definition) is 3. The van der Waals surface area contributed by atoms with Gasteiger partial charge in [-0.3, -0.25) is 14.3 Å². The Morgan fingerprint density at radius 2 is 1.98 bits per heavy atom. The highest BCUT2D eigenvalue weighted by Gasteiger charge is 2.34. The van der Waals surface area contributed by atoms with E-state index in [0.717, 1.165) is 12.8 Å². The molecule has 1 unspecified atom stereocenters. The van der Waals surface area contributed by atoms with Gasteiger partial charge in [-0.1, -0.05) is 23.7 Å². The summed E-state index contributed by atoms with van der Waals surface area (Å²) in [6.07, 6.45) is 0.649. The van der Waals surface area contributed by atoms with Gasteiger partial charge >= 0.3 is 6.03 Å². The minimum atomic E-state index is -0.920. The van der Waals surface area contributed by atoms with Crippen LogP contribution in [0.15, 0.2) is 36.4 Å². The third-order valence-electron chi connectivity index (χ3n) is 7.14. The summed E-state index contributed by atoms with van der Waals surface area (Å²) in [5.41, 5.74) is 1.77. The molecule has 2 fully saturated rings. The number of aliphatic hydroxyl groups is 1. The topological polar surface area (TPSA) is 129 Å². The summed E-state index contributed by atoms with van der Waals surface area (Å²) in [5.74, 6) is -1.31. The molecule has 2 aromatic carbocycles. The molecule has 1 aliphatic heterocycles. The highest BCUT2D eigenvalue weighted by molar-refractivity contribution is 6.30. The van der Waals surface area contributed by atoms with E-state index < -0.39 is 17.8 Å². The lowest BCUT2D eigenvalue weighted by molar-refractivity contribution is -0.137. The minimum Gasteiger partial charge on any atom is -0.387 e. The molecule has 13 heteroatoms. The molecule has 5 rings (SSSR count). The van der Waals surface area contributed by atoms with Crippen molar-refractivity contribution in [2.45, 2.75) is 45.0 Å². The average molecular weight is 587 g/mol. The monoisotopic (exact) mass is 586 g/mol. The van der Waals surface area contributed by atoms with Crippen LogP contribution in [0.25, 0.3) is 10.9 Å². The van der Waals surface area contributed by atoms with Gasteiger partial charge in [-0.2, -0.15) is 5.10 Å². The van der Waals surface area contributed by atoms with Gasteiger partial charge in [-0.15, -0.1) is 0 Å². The summed E-state index contributed by atoms with van der Waals surface area (Å²) in [7, 11) is 0. The Kier molecular flexibility index (Phi) is 8.71. The molecule has 1 aliphatic carbocycles. The summed E-state index contributed by atoms with van der Waals surface area (Å²) in [6, 6.07) is 9.45. The fraction of sp³-hybridized carbons (Fsp3) is 0.429. The Balaban J connectivity index is 1.28. The second-order valence-corrected chi connectivity index (χ2v) is 10.6. The van der Waals surface area contributed by atoms with Crippen LogP contribution in [0.4, 0.5) is 14.9 Å². The van der Waals surface area contributed by atoms with Crippen molar-refractivity contribution in [3.8, 4) is 0 Å². The number of fused-ring (bicyclic) bond motifs is 1. The maximum Gasteiger partial charge on any atom is 0.321 e. The van der Waals surface area contributed by atoms with Crippen molar-refractivity contribution < 1.29 is 28.6 Å². The van der Waals surface area contributed by atoms with Crippen molar-refractivity contribution in [1.82, 2.24) is 24.9 Å². The first-order valence-electron chi connectivity index (χ1n) is 13.5. The number of morpholine rings is 1. The van der Waals surface area contributed by atoms with E-state index in [1.165, 1.54) is 21.7 Å². The number of urea groups is 1. The molecule has 2 heterocycles. The molecular weight excluding hydrogens is 555 g/mol. The van der Waals surface area contributed by atoms with Gasteiger partial charge in [0.2, 0.25) is 11.8 Å². The van der Waals surface area contributed by atoms with Gasteiger partial charge in [-0.05, 0) is 44.0 Å². The van der Waals surface area contributed by atoms with Crippen molar-refractivity contribution in [2.75, 3.05) is 38.2 Å². The number of carbonyl (C=O) groups is 3. The van der Waals surface area contributed by atoms with Gasteiger partial charge in [0.1, 0.15) is 12.4 Å². The van der Waals surface area contributed by atoms with E-state index in [2.05, 4.69) is 15.7 Å². The second kappa shape index (κ2) is 12.4. The Hall–Kier alpha value is -3.74. The number of hydrogen-bond acceptors (Lipinski definition) is 6. The molecule has 41 heavy (non-hydrogen) atoms. The minimum absolute atomic E-state index is 0.0267. The molecule has 1 aromatic heterocycles. The van der Waals surface area contributed by atoms with Crippen molar-refractivity contribution >= 4 is 46.0 Å². The highest BCUT2D eigenvalue weighted by Crippen LogP contribution is 2.29. The van der Waals surface area contributed by atoms with E-state index in [-0.39, 0.29) is 48.2 Å². The van der Waals surface area contributed by atoms with Crippen LogP contribution in [0.3, 0.4) is 0 Å². The molecule has 3 N–H and O–H groups in total. The summed E-state index contributed by atoms with van der Waals surface area (Å²) in [6.45, 7) is 3.18. The zero-order valence-electron chi connectivity index (χ0n) is 22.6. The third kappa shape index (κ3) is 6.77. The zero-order chi connectivity index (χ0) is 29.1. The predicted molar refractivity (Wildman–Crippen MR) is 150 cm³/mol. The molecule has 4 amide bonds. The predicted octanol–water partition coefficient (Wildman–Crippen LogP) is 3.05. The first-order chi connectivity index (χ1) is 19.7. The normalized spacial score (nSPS) is 16.0. The molecule has 1 saturated heterocycles. The number of halogens is 2. The van der Waals surface area contributed by atoms with Gasteiger partial charge in [-0.25, -0.2) is 9.18 Å². The van der Waals surface area contributed by atoms with Crippen LogP contribution in [0.1, 0.15) is 37.1 Å². The number of amides is 4. The number of aliphatic hydroxyl groups excluding tert-OH is 1. The molecule has 2 aliphatic rings. The van der Waals surface area contributed by atoms with E-state index in [4.69, 9.17) is 16.3 Å². The van der Waals surface area contributed by atoms with Gasteiger partial charge in [0.25, 0.3) is 0 Å². The highest BCUT2D eigenvalue weighted by atomic mass is 35.5. The van der Waals surface area contributed by atoms with Gasteiger partial charge in [0, 0.05) is 42.3 Å². The van der Waals surface area contributed by atoms with E-state index >= 15 is 0 Å². The molecule has 0 bridgehead atoms. The average Bonchev–Trinajstić information content (AvgIpc) is 3.74. The number of benzene rings is 2. The SMILES string of the molecule is CC(O)c1nn(CC(=O)N(CC(=O)NCc2cccc(Cl)c2F)C2CC2)c2ccc(NC(=O)N3CCOCC3)cc12. The molecule has 3 aromatic rings. The van der Waals surface area contributed by atoms with Crippen LogP contribution in [-0.4, -0.2) is 81.4 Å². The fourth-order valence-corrected chi connectivity index (χ4v) is 4.99. The lowest BCUT2D eigenvalue weighted by Gasteiger charge is -2.26. The van der Waals surface area contributed by atoms with Crippen molar-refractivity contribution in [1.29, 1.82) is 0 Å². The quantitative estimate of drug-likeness (QED) is 0.353. The van der Waals surface area contributed by atoms with Gasteiger partial charge < -0.3 is 30.3 Å². The number of rotatable bonds is 9. The zero-order valence-corrected chi connectivity index (χ0v) is 23.4. The number of nitrogens with zero attached hydrogens (tertiary/aromatic N) is 4. The van der Waals surface area contributed by atoms with Crippen molar-refractivity contribution in [2.24, 2.45) is 0 Å². The van der Waals surface area contributed by atoms with Crippen LogP contribution in [0, 0.1) is 5.82 Å². The Morgan fingerprint density at radius 1 is 1.22 bits per heavy atom. The van der Waals surface area contributed by atoms with Crippen LogP contribution >= 0.6 is 11.6 Å². The summed E-state index contributed by atoms with van der Waals surface area (Å²) >= 11 is 5.82. The molecule has 1 saturated carbocycles. The lowest BCUT2D eigenvalue weighted by atomic mass is 10.1. The largest absolute Gasteiger partial charge is 0.387 e. The van der Waals surface area contributed by atoms with Gasteiger partial charge in [0.15, 0.2) is 0 Å². The van der Waals surface area contributed by atoms with E-state index in [9.17, 15) is 23.9 Å². The van der Waals surface area contributed by atoms with Crippen molar-refractivity contribution in [3.05, 3.63) is 58.5 Å². The number of anilines is 1. The Bertz CT molecular complexity index is 1450. The van der Waals surface area contributed by atoms with Crippen LogP contribution in [0.5, 0.6) is 0 Å². The summed E-state index contributed by atoms with van der Waals surface area (Å²) in [4.78, 5) is 41.9. The molecule has 0 radical (unpaired) electrons. The van der Waals surface area contributed by atoms with Crippen LogP contribution < -0.4 is 10.6 Å². The van der Waals surface area contributed by atoms with E-state index in [1.54, 1.807) is 36.1 Å². The standard InChI is InChI=1S/C28H32ClFN6O5/c1-17(37)27-21-13-19(32-28(40)34-9-11-41-12-10-34)5-8-23(21)36(33-27)16-25(39)35(20-6-7-20)15-24(38)31-14-18-3-2-4-22(29)26(18)30/h2-5,8,13,17,20,37H,6-7,9-12,14-16H2,1H3,(H,31,38)(H,32,40). The van der Waals surface area contributed by atoms with E-state index in [0.29, 0.717) is 48.6 Å². The lowest BCUT2D eigenvalue weighted by Crippen LogP contribution is -2.43. The molecule has 0 spiro atoms. The van der Waals surface area contributed by atoms with Crippen molar-refractivity contribution in [3.63, 3.8) is 0 Å². The number of aromatic nitrogens is 2. The smallest absolute Gasteiger partial charge is 0.321 e. The maximum absolute atomic E-state index is 14.2. The molecular formula is C28H32ClFN6O5. The van der Waals surface area contributed by atoms with Crippen LogP contribution in [0.2, 0.25) is 5.02 Å². The molecule has 218 valence electrons. The number of ether oxygens (including phenoxy) is 1. The first-order valence-corrected chi connectivity index (χ1v) is 13.9. The number of carbonyl (C=O) groups excluding carboxylic acids is 3. The Labute approximate surface area is 241 Å². The third-order valence-corrected chi connectivity index (χ3v) is 7.43. The maximum atomic E-state index is 14.2. The van der Waals surface area contributed by atoms with Crippen LogP contribution in [-0.2, 0) is 27.4 Å². The fourth-order valence-electron chi connectivity index (χ4n) is 4.80. The molecule has 11 nitrogen and oxygen atoms in total.